The predicted molar refractivity (Wildman–Crippen MR) is 69.9 cm³/mol. The molecule has 0 spiro atoms. The maximum absolute atomic E-state index is 11.6. The normalized spacial score (nSPS) is 19.6. The Bertz CT molecular complexity index is 210. The van der Waals surface area contributed by atoms with Crippen molar-refractivity contribution in [3.05, 3.63) is 0 Å². The second-order valence-corrected chi connectivity index (χ2v) is 5.20. The topological polar surface area (TPSA) is 38.3 Å². The number of carbonyl (C=O) groups is 1. The van der Waals surface area contributed by atoms with Crippen molar-refractivity contribution in [1.29, 1.82) is 0 Å². The van der Waals surface area contributed by atoms with Gasteiger partial charge in [0.2, 0.25) is 0 Å². The summed E-state index contributed by atoms with van der Waals surface area (Å²) >= 11 is 0. The third kappa shape index (κ3) is 6.67. The van der Waals surface area contributed by atoms with E-state index in [0.717, 1.165) is 6.54 Å². The van der Waals surface area contributed by atoms with Gasteiger partial charge >= 0.3 is 5.97 Å². The van der Waals surface area contributed by atoms with E-state index >= 15 is 0 Å². The molecule has 0 amide bonds. The Kier molecular flexibility index (Phi) is 7.25. The van der Waals surface area contributed by atoms with Gasteiger partial charge in [-0.15, -0.1) is 0 Å². The zero-order valence-electron chi connectivity index (χ0n) is 11.3. The summed E-state index contributed by atoms with van der Waals surface area (Å²) in [6.45, 7) is 5.61. The van der Waals surface area contributed by atoms with Crippen molar-refractivity contribution in [1.82, 2.24) is 5.32 Å². The van der Waals surface area contributed by atoms with Gasteiger partial charge in [-0.3, -0.25) is 4.79 Å². The second-order valence-electron chi connectivity index (χ2n) is 5.20. The summed E-state index contributed by atoms with van der Waals surface area (Å²) in [4.78, 5) is 11.6. The monoisotopic (exact) mass is 241 g/mol. The number of carbonyl (C=O) groups excluding carboxylic acids is 1. The Hall–Kier alpha value is -0.570. The van der Waals surface area contributed by atoms with Gasteiger partial charge in [-0.1, -0.05) is 32.6 Å². The van der Waals surface area contributed by atoms with Crippen LogP contribution in [0.15, 0.2) is 0 Å². The smallest absolute Gasteiger partial charge is 0.307 e. The molecule has 1 atom stereocenters. The van der Waals surface area contributed by atoms with Crippen molar-refractivity contribution in [3.63, 3.8) is 0 Å². The Labute approximate surface area is 105 Å². The van der Waals surface area contributed by atoms with Gasteiger partial charge < -0.3 is 10.1 Å². The molecule has 0 bridgehead atoms. The van der Waals surface area contributed by atoms with Gasteiger partial charge in [-0.2, -0.15) is 0 Å². The zero-order chi connectivity index (χ0) is 12.5. The molecule has 17 heavy (non-hydrogen) atoms. The molecule has 1 saturated carbocycles. The summed E-state index contributed by atoms with van der Waals surface area (Å²) in [5.41, 5.74) is 0. The minimum Gasteiger partial charge on any atom is -0.465 e. The fourth-order valence-electron chi connectivity index (χ4n) is 2.47. The van der Waals surface area contributed by atoms with E-state index in [4.69, 9.17) is 4.74 Å². The van der Waals surface area contributed by atoms with Crippen LogP contribution in [0.1, 0.15) is 58.8 Å². The van der Waals surface area contributed by atoms with E-state index in [9.17, 15) is 4.79 Å². The van der Waals surface area contributed by atoms with Crippen molar-refractivity contribution < 1.29 is 9.53 Å². The fourth-order valence-corrected chi connectivity index (χ4v) is 2.47. The maximum Gasteiger partial charge on any atom is 0.307 e. The molecule has 0 saturated heterocycles. The van der Waals surface area contributed by atoms with Crippen molar-refractivity contribution in [2.75, 3.05) is 13.2 Å². The molecule has 0 aromatic heterocycles. The van der Waals surface area contributed by atoms with Gasteiger partial charge in [0.15, 0.2) is 0 Å². The van der Waals surface area contributed by atoms with Crippen LogP contribution < -0.4 is 5.32 Å². The summed E-state index contributed by atoms with van der Waals surface area (Å²) in [5, 5.41) is 3.22. The standard InChI is InChI=1S/C14H27NO2/c1-3-15-12(2)10-14(16)17-11-13-8-6-4-5-7-9-13/h12-13,15H,3-11H2,1-2H3. The number of ether oxygens (including phenoxy) is 1. The van der Waals surface area contributed by atoms with Gasteiger partial charge in [0.05, 0.1) is 13.0 Å². The Morgan fingerprint density at radius 1 is 1.29 bits per heavy atom. The summed E-state index contributed by atoms with van der Waals surface area (Å²) in [5.74, 6) is 0.554. The van der Waals surface area contributed by atoms with Gasteiger partial charge in [0.1, 0.15) is 0 Å². The summed E-state index contributed by atoms with van der Waals surface area (Å²) in [7, 11) is 0. The number of hydrogen-bond donors (Lipinski definition) is 1. The average Bonchev–Trinajstić information content (AvgIpc) is 2.55. The highest BCUT2D eigenvalue weighted by atomic mass is 16.5. The largest absolute Gasteiger partial charge is 0.465 e. The number of nitrogens with one attached hydrogen (secondary N) is 1. The van der Waals surface area contributed by atoms with Crippen molar-refractivity contribution in [3.8, 4) is 0 Å². The molecule has 3 heteroatoms. The quantitative estimate of drug-likeness (QED) is 0.574. The first-order valence-electron chi connectivity index (χ1n) is 7.11. The maximum atomic E-state index is 11.6. The number of rotatable bonds is 6. The Morgan fingerprint density at radius 2 is 1.94 bits per heavy atom. The van der Waals surface area contributed by atoms with Crippen molar-refractivity contribution in [2.24, 2.45) is 5.92 Å². The van der Waals surface area contributed by atoms with E-state index in [0.29, 0.717) is 18.9 Å². The number of hydrogen-bond acceptors (Lipinski definition) is 3. The zero-order valence-corrected chi connectivity index (χ0v) is 11.3. The van der Waals surface area contributed by atoms with Crippen LogP contribution in [0.3, 0.4) is 0 Å². The van der Waals surface area contributed by atoms with E-state index in [1.165, 1.54) is 38.5 Å². The van der Waals surface area contributed by atoms with Gasteiger partial charge in [0.25, 0.3) is 0 Å². The van der Waals surface area contributed by atoms with E-state index in [-0.39, 0.29) is 12.0 Å². The van der Waals surface area contributed by atoms with Crippen LogP contribution >= 0.6 is 0 Å². The first-order chi connectivity index (χ1) is 8.22. The molecular formula is C14H27NO2. The molecule has 100 valence electrons. The lowest BCUT2D eigenvalue weighted by Crippen LogP contribution is -2.29. The molecule has 1 unspecified atom stereocenters. The summed E-state index contributed by atoms with van der Waals surface area (Å²) < 4.78 is 5.38. The van der Waals surface area contributed by atoms with Crippen LogP contribution in [0.5, 0.6) is 0 Å². The molecule has 1 aliphatic rings. The van der Waals surface area contributed by atoms with Crippen molar-refractivity contribution in [2.45, 2.75) is 64.8 Å². The van der Waals surface area contributed by atoms with E-state index in [1.807, 2.05) is 13.8 Å². The van der Waals surface area contributed by atoms with Crippen LogP contribution in [-0.2, 0) is 9.53 Å². The first-order valence-corrected chi connectivity index (χ1v) is 7.11. The van der Waals surface area contributed by atoms with E-state index in [2.05, 4.69) is 5.32 Å². The molecule has 0 aromatic carbocycles. The minimum atomic E-state index is -0.0531. The van der Waals surface area contributed by atoms with E-state index < -0.39 is 0 Å². The molecule has 1 N–H and O–H groups in total. The van der Waals surface area contributed by atoms with Gasteiger partial charge in [0, 0.05) is 6.04 Å². The lowest BCUT2D eigenvalue weighted by Gasteiger charge is -2.16. The molecular weight excluding hydrogens is 214 g/mol. The van der Waals surface area contributed by atoms with E-state index in [1.54, 1.807) is 0 Å². The van der Waals surface area contributed by atoms with Crippen LogP contribution in [0.4, 0.5) is 0 Å². The Morgan fingerprint density at radius 3 is 2.53 bits per heavy atom. The molecule has 1 aliphatic carbocycles. The summed E-state index contributed by atoms with van der Waals surface area (Å²) in [6, 6.07) is 0.224. The van der Waals surface area contributed by atoms with Crippen LogP contribution in [0.25, 0.3) is 0 Å². The highest BCUT2D eigenvalue weighted by molar-refractivity contribution is 5.70. The van der Waals surface area contributed by atoms with Crippen molar-refractivity contribution >= 4 is 5.97 Å². The third-order valence-corrected chi connectivity index (χ3v) is 3.48. The third-order valence-electron chi connectivity index (χ3n) is 3.48. The lowest BCUT2D eigenvalue weighted by molar-refractivity contribution is -0.145. The molecule has 0 aliphatic heterocycles. The molecule has 0 aromatic rings. The SMILES string of the molecule is CCNC(C)CC(=O)OCC1CCCCCC1. The number of esters is 1. The Balaban J connectivity index is 2.13. The molecule has 3 nitrogen and oxygen atoms in total. The van der Waals surface area contributed by atoms with Gasteiger partial charge in [-0.05, 0) is 32.2 Å². The molecule has 1 fully saturated rings. The van der Waals surface area contributed by atoms with Crippen LogP contribution in [0, 0.1) is 5.92 Å². The highest BCUT2D eigenvalue weighted by Gasteiger charge is 2.15. The predicted octanol–water partition coefficient (Wildman–Crippen LogP) is 2.89. The molecule has 0 radical (unpaired) electrons. The molecule has 0 heterocycles. The highest BCUT2D eigenvalue weighted by Crippen LogP contribution is 2.23. The van der Waals surface area contributed by atoms with Gasteiger partial charge in [-0.25, -0.2) is 0 Å². The van der Waals surface area contributed by atoms with Crippen LogP contribution in [0.2, 0.25) is 0 Å². The fraction of sp³-hybridized carbons (Fsp3) is 0.929. The molecule has 1 rings (SSSR count). The second kappa shape index (κ2) is 8.51. The minimum absolute atomic E-state index is 0.0531. The average molecular weight is 241 g/mol. The summed E-state index contributed by atoms with van der Waals surface area (Å²) in [6.07, 6.45) is 8.25. The first kappa shape index (κ1) is 14.5. The lowest BCUT2D eigenvalue weighted by atomic mass is 10.0. The van der Waals surface area contributed by atoms with Crippen LogP contribution in [-0.4, -0.2) is 25.2 Å².